The normalized spacial score (nSPS) is 10.9. The van der Waals surface area contributed by atoms with Gasteiger partial charge in [-0.3, -0.25) is 0 Å². The van der Waals surface area contributed by atoms with Crippen LogP contribution in [0.25, 0.3) is 0 Å². The Morgan fingerprint density at radius 3 is 3.06 bits per heavy atom. The Morgan fingerprint density at radius 1 is 1.50 bits per heavy atom. The smallest absolute Gasteiger partial charge is 0.123 e. The van der Waals surface area contributed by atoms with Crippen LogP contribution < -0.4 is 5.32 Å². The van der Waals surface area contributed by atoms with Crippen molar-refractivity contribution in [2.24, 2.45) is 0 Å². The molecule has 2 aromatic heterocycles. The van der Waals surface area contributed by atoms with Gasteiger partial charge in [0.15, 0.2) is 0 Å². The highest BCUT2D eigenvalue weighted by Crippen LogP contribution is 2.12. The van der Waals surface area contributed by atoms with Gasteiger partial charge in [-0.1, -0.05) is 6.92 Å². The minimum atomic E-state index is 0.789. The lowest BCUT2D eigenvalue weighted by Gasteiger charge is -2.04. The summed E-state index contributed by atoms with van der Waals surface area (Å²) in [5, 5.41) is 6.44. The maximum atomic E-state index is 4.55. The van der Waals surface area contributed by atoms with Crippen molar-refractivity contribution in [1.82, 2.24) is 19.9 Å². The summed E-state index contributed by atoms with van der Waals surface area (Å²) in [7, 11) is 1.93. The predicted molar refractivity (Wildman–Crippen MR) is 65.6 cm³/mol. The summed E-state index contributed by atoms with van der Waals surface area (Å²) in [4.78, 5) is 8.86. The lowest BCUT2D eigenvalue weighted by molar-refractivity contribution is 0.666. The predicted octanol–water partition coefficient (Wildman–Crippen LogP) is 1.67. The van der Waals surface area contributed by atoms with Gasteiger partial charge in [-0.25, -0.2) is 9.97 Å². The molecule has 4 nitrogen and oxygen atoms in total. The quantitative estimate of drug-likeness (QED) is 0.858. The highest BCUT2D eigenvalue weighted by molar-refractivity contribution is 7.09. The molecule has 0 saturated heterocycles. The van der Waals surface area contributed by atoms with Crippen LogP contribution in [0.5, 0.6) is 0 Å². The Kier molecular flexibility index (Phi) is 3.69. The summed E-state index contributed by atoms with van der Waals surface area (Å²) >= 11 is 1.73. The molecule has 0 amide bonds. The van der Waals surface area contributed by atoms with Gasteiger partial charge in [0.25, 0.3) is 0 Å². The summed E-state index contributed by atoms with van der Waals surface area (Å²) in [5.74, 6) is 1.05. The van der Waals surface area contributed by atoms with Crippen molar-refractivity contribution in [3.63, 3.8) is 0 Å². The number of imidazole rings is 1. The van der Waals surface area contributed by atoms with Gasteiger partial charge >= 0.3 is 0 Å². The van der Waals surface area contributed by atoms with Crippen LogP contribution >= 0.6 is 11.3 Å². The van der Waals surface area contributed by atoms with Crippen LogP contribution in [-0.2, 0) is 19.5 Å². The second kappa shape index (κ2) is 5.23. The van der Waals surface area contributed by atoms with Crippen LogP contribution in [0.2, 0.25) is 0 Å². The molecule has 0 fully saturated rings. The van der Waals surface area contributed by atoms with Crippen molar-refractivity contribution >= 4 is 11.3 Å². The van der Waals surface area contributed by atoms with E-state index in [-0.39, 0.29) is 0 Å². The van der Waals surface area contributed by atoms with E-state index in [1.54, 1.807) is 11.3 Å². The van der Waals surface area contributed by atoms with Crippen LogP contribution in [-0.4, -0.2) is 21.6 Å². The minimum Gasteiger partial charge on any atom is -0.328 e. The van der Waals surface area contributed by atoms with Crippen molar-refractivity contribution in [2.45, 2.75) is 26.4 Å². The minimum absolute atomic E-state index is 0.789. The van der Waals surface area contributed by atoms with Crippen LogP contribution in [0.4, 0.5) is 0 Å². The fourth-order valence-electron chi connectivity index (χ4n) is 1.57. The molecule has 2 heterocycles. The van der Waals surface area contributed by atoms with Crippen LogP contribution in [0.3, 0.4) is 0 Å². The molecule has 86 valence electrons. The molecule has 16 heavy (non-hydrogen) atoms. The van der Waals surface area contributed by atoms with Crippen molar-refractivity contribution in [3.05, 3.63) is 34.3 Å². The van der Waals surface area contributed by atoms with Gasteiger partial charge in [0.05, 0.1) is 23.8 Å². The zero-order valence-corrected chi connectivity index (χ0v) is 10.4. The number of aryl methyl sites for hydroxylation is 1. The largest absolute Gasteiger partial charge is 0.328 e. The molecular formula is C11H16N4S. The van der Waals surface area contributed by atoms with Crippen LogP contribution in [0.15, 0.2) is 17.8 Å². The average Bonchev–Trinajstić information content (AvgIpc) is 2.90. The van der Waals surface area contributed by atoms with Gasteiger partial charge in [0, 0.05) is 17.8 Å². The molecule has 0 aromatic carbocycles. The lowest BCUT2D eigenvalue weighted by atomic mass is 10.4. The van der Waals surface area contributed by atoms with Crippen molar-refractivity contribution in [3.8, 4) is 0 Å². The summed E-state index contributed by atoms with van der Waals surface area (Å²) in [6, 6.07) is 0. The molecule has 0 aliphatic heterocycles. The zero-order chi connectivity index (χ0) is 11.4. The third kappa shape index (κ3) is 2.48. The molecule has 0 spiro atoms. The molecule has 2 rings (SSSR count). The molecule has 0 atom stereocenters. The van der Waals surface area contributed by atoms with E-state index in [9.17, 15) is 0 Å². The maximum absolute atomic E-state index is 4.55. The number of aromatic nitrogens is 3. The van der Waals surface area contributed by atoms with E-state index in [2.05, 4.69) is 32.2 Å². The first-order valence-electron chi connectivity index (χ1n) is 5.41. The summed E-state index contributed by atoms with van der Waals surface area (Å²) in [6.45, 7) is 3.73. The van der Waals surface area contributed by atoms with Crippen molar-refractivity contribution in [1.29, 1.82) is 0 Å². The topological polar surface area (TPSA) is 42.7 Å². The first-order chi connectivity index (χ1) is 7.83. The number of rotatable bonds is 5. The summed E-state index contributed by atoms with van der Waals surface area (Å²) < 4.78 is 2.13. The fourth-order valence-corrected chi connectivity index (χ4v) is 2.30. The number of hydrogen-bond acceptors (Lipinski definition) is 4. The fraction of sp³-hybridized carbons (Fsp3) is 0.455. The van der Waals surface area contributed by atoms with E-state index in [1.165, 1.54) is 5.01 Å². The summed E-state index contributed by atoms with van der Waals surface area (Å²) in [5.41, 5.74) is 1.12. The molecule has 0 unspecified atom stereocenters. The first kappa shape index (κ1) is 11.3. The number of hydrogen-bond donors (Lipinski definition) is 1. The van der Waals surface area contributed by atoms with Crippen LogP contribution in [0, 0.1) is 0 Å². The Bertz CT molecular complexity index is 446. The molecule has 0 radical (unpaired) electrons. The van der Waals surface area contributed by atoms with E-state index in [0.717, 1.165) is 31.0 Å². The molecule has 0 aliphatic rings. The van der Waals surface area contributed by atoms with Crippen molar-refractivity contribution in [2.75, 3.05) is 7.05 Å². The molecule has 2 aromatic rings. The third-order valence-corrected chi connectivity index (χ3v) is 3.41. The molecule has 1 N–H and O–H groups in total. The second-order valence-corrected chi connectivity index (χ2v) is 4.53. The molecule has 0 bridgehead atoms. The van der Waals surface area contributed by atoms with Gasteiger partial charge in [-0.15, -0.1) is 11.3 Å². The van der Waals surface area contributed by atoms with Crippen molar-refractivity contribution < 1.29 is 0 Å². The van der Waals surface area contributed by atoms with E-state index < -0.39 is 0 Å². The van der Waals surface area contributed by atoms with E-state index in [0.29, 0.717) is 0 Å². The number of thiazole rings is 1. The van der Waals surface area contributed by atoms with Gasteiger partial charge in [-0.2, -0.15) is 0 Å². The first-order valence-corrected chi connectivity index (χ1v) is 6.29. The lowest BCUT2D eigenvalue weighted by Crippen LogP contribution is -2.12. The zero-order valence-electron chi connectivity index (χ0n) is 9.60. The van der Waals surface area contributed by atoms with E-state index in [1.807, 2.05) is 19.4 Å². The van der Waals surface area contributed by atoms with E-state index >= 15 is 0 Å². The van der Waals surface area contributed by atoms with Gasteiger partial charge < -0.3 is 9.88 Å². The average molecular weight is 236 g/mol. The highest BCUT2D eigenvalue weighted by Gasteiger charge is 2.05. The second-order valence-electron chi connectivity index (χ2n) is 3.59. The van der Waals surface area contributed by atoms with Crippen LogP contribution in [0.1, 0.15) is 23.4 Å². The molecule has 5 heteroatoms. The van der Waals surface area contributed by atoms with Gasteiger partial charge in [0.1, 0.15) is 5.82 Å². The Morgan fingerprint density at radius 2 is 2.38 bits per heavy atom. The van der Waals surface area contributed by atoms with Gasteiger partial charge in [-0.05, 0) is 13.5 Å². The third-order valence-electron chi connectivity index (χ3n) is 2.37. The highest BCUT2D eigenvalue weighted by atomic mass is 32.1. The standard InChI is InChI=1S/C11H16N4S/c1-3-11-14-9(8-16-11)7-15-5-4-13-10(15)6-12-2/h4-5,8,12H,3,6-7H2,1-2H3. The molecule has 0 aliphatic carbocycles. The monoisotopic (exact) mass is 236 g/mol. The Balaban J connectivity index is 2.10. The molecular weight excluding hydrogens is 220 g/mol. The summed E-state index contributed by atoms with van der Waals surface area (Å²) in [6.07, 6.45) is 4.84. The van der Waals surface area contributed by atoms with Gasteiger partial charge in [0.2, 0.25) is 0 Å². The number of nitrogens with one attached hydrogen (secondary N) is 1. The Labute approximate surface area is 99.4 Å². The molecule has 0 saturated carbocycles. The van der Waals surface area contributed by atoms with E-state index in [4.69, 9.17) is 0 Å². The number of nitrogens with zero attached hydrogens (tertiary/aromatic N) is 3. The Hall–Kier alpha value is -1.20. The maximum Gasteiger partial charge on any atom is 0.123 e. The SMILES string of the molecule is CCc1nc(Cn2ccnc2CNC)cs1.